The van der Waals surface area contributed by atoms with E-state index in [4.69, 9.17) is 10.5 Å². The van der Waals surface area contributed by atoms with E-state index in [1.165, 1.54) is 25.7 Å². The topological polar surface area (TPSA) is 88.7 Å². The van der Waals surface area contributed by atoms with Gasteiger partial charge in [-0.05, 0) is 30.9 Å². The number of methoxy groups -OCH3 is 1. The lowest BCUT2D eigenvalue weighted by Crippen LogP contribution is -2.29. The molecular formula is C17H27IN4O2. The van der Waals surface area contributed by atoms with Crippen LogP contribution in [0.3, 0.4) is 0 Å². The highest BCUT2D eigenvalue weighted by atomic mass is 127. The molecule has 1 amide bonds. The highest BCUT2D eigenvalue weighted by molar-refractivity contribution is 14.0. The van der Waals surface area contributed by atoms with Crippen LogP contribution in [-0.2, 0) is 4.79 Å². The zero-order valence-electron chi connectivity index (χ0n) is 14.1. The minimum absolute atomic E-state index is 0. The Hall–Kier alpha value is -1.51. The predicted octanol–water partition coefficient (Wildman–Crippen LogP) is 2.74. The largest absolute Gasteiger partial charge is 0.495 e. The Bertz CT molecular complexity index is 545. The summed E-state index contributed by atoms with van der Waals surface area (Å²) in [5.41, 5.74) is 6.61. The number of carbonyl (C=O) groups is 1. The molecule has 1 aliphatic rings. The van der Waals surface area contributed by atoms with Crippen molar-refractivity contribution >= 4 is 41.5 Å². The van der Waals surface area contributed by atoms with Gasteiger partial charge in [-0.2, -0.15) is 0 Å². The summed E-state index contributed by atoms with van der Waals surface area (Å²) in [6.07, 6.45) is 5.52. The molecule has 1 aliphatic carbocycles. The number of nitrogens with one attached hydrogen (secondary N) is 2. The first-order valence-corrected chi connectivity index (χ1v) is 8.15. The zero-order chi connectivity index (χ0) is 16.5. The van der Waals surface area contributed by atoms with E-state index in [-0.39, 0.29) is 29.9 Å². The third-order valence-corrected chi connectivity index (χ3v) is 4.03. The molecule has 134 valence electrons. The first kappa shape index (κ1) is 20.5. The van der Waals surface area contributed by atoms with E-state index in [9.17, 15) is 4.79 Å². The van der Waals surface area contributed by atoms with E-state index in [1.54, 1.807) is 7.11 Å². The van der Waals surface area contributed by atoms with Gasteiger partial charge >= 0.3 is 0 Å². The quantitative estimate of drug-likeness (QED) is 0.260. The van der Waals surface area contributed by atoms with E-state index < -0.39 is 0 Å². The summed E-state index contributed by atoms with van der Waals surface area (Å²) >= 11 is 0. The molecule has 2 rings (SSSR count). The summed E-state index contributed by atoms with van der Waals surface area (Å²) < 4.78 is 5.24. The van der Waals surface area contributed by atoms with Gasteiger partial charge in [0.05, 0.1) is 19.3 Å². The highest BCUT2D eigenvalue weighted by Crippen LogP contribution is 2.27. The van der Waals surface area contributed by atoms with Crippen LogP contribution in [0, 0.1) is 5.92 Å². The second-order valence-electron chi connectivity index (χ2n) is 5.80. The van der Waals surface area contributed by atoms with Gasteiger partial charge in [-0.15, -0.1) is 24.0 Å². The number of amides is 1. The van der Waals surface area contributed by atoms with Crippen LogP contribution in [-0.4, -0.2) is 32.1 Å². The first-order chi connectivity index (χ1) is 11.2. The van der Waals surface area contributed by atoms with Crippen LogP contribution < -0.4 is 21.1 Å². The van der Waals surface area contributed by atoms with E-state index in [1.807, 2.05) is 24.3 Å². The number of aliphatic imine (C=N–C) groups is 1. The predicted molar refractivity (Wildman–Crippen MR) is 108 cm³/mol. The molecule has 1 saturated carbocycles. The van der Waals surface area contributed by atoms with Gasteiger partial charge in [-0.25, -0.2) is 0 Å². The number of hydrogen-bond donors (Lipinski definition) is 3. The smallest absolute Gasteiger partial charge is 0.220 e. The molecule has 1 aromatic carbocycles. The van der Waals surface area contributed by atoms with Gasteiger partial charge in [0.15, 0.2) is 5.96 Å². The summed E-state index contributed by atoms with van der Waals surface area (Å²) in [6, 6.07) is 7.49. The number of anilines is 1. The molecule has 0 aromatic heterocycles. The Kier molecular flexibility index (Phi) is 9.51. The van der Waals surface area contributed by atoms with Crippen molar-refractivity contribution in [3.8, 4) is 5.75 Å². The molecule has 0 aliphatic heterocycles. The summed E-state index contributed by atoms with van der Waals surface area (Å²) in [4.78, 5) is 16.0. The Morgan fingerprint density at radius 1 is 1.33 bits per heavy atom. The number of rotatable bonds is 7. The van der Waals surface area contributed by atoms with Crippen molar-refractivity contribution in [1.82, 2.24) is 5.32 Å². The first-order valence-electron chi connectivity index (χ1n) is 8.15. The molecule has 0 atom stereocenters. The van der Waals surface area contributed by atoms with Crippen LogP contribution in [0.4, 0.5) is 5.69 Å². The standard InChI is InChI=1S/C17H26N4O2.HI/c1-23-15-9-5-4-8-14(15)21-17(18)20-11-10-19-16(22)12-13-6-2-3-7-13;/h4-5,8-9,13H,2-3,6-7,10-12H2,1H3,(H,19,22)(H3,18,20,21);1H. The maximum atomic E-state index is 11.8. The Morgan fingerprint density at radius 2 is 2.04 bits per heavy atom. The van der Waals surface area contributed by atoms with Gasteiger partial charge in [0.25, 0.3) is 0 Å². The maximum Gasteiger partial charge on any atom is 0.220 e. The molecule has 24 heavy (non-hydrogen) atoms. The molecule has 4 N–H and O–H groups in total. The van der Waals surface area contributed by atoms with Crippen molar-refractivity contribution in [2.24, 2.45) is 16.6 Å². The third kappa shape index (κ3) is 6.94. The van der Waals surface area contributed by atoms with Crippen molar-refractivity contribution in [3.63, 3.8) is 0 Å². The number of nitrogens with zero attached hydrogens (tertiary/aromatic N) is 1. The Morgan fingerprint density at radius 3 is 2.75 bits per heavy atom. The lowest BCUT2D eigenvalue weighted by molar-refractivity contribution is -0.121. The number of carbonyl (C=O) groups excluding carboxylic acids is 1. The summed E-state index contributed by atoms with van der Waals surface area (Å²) in [5, 5.41) is 5.90. The SMILES string of the molecule is COc1ccccc1NC(N)=NCCNC(=O)CC1CCCC1.I. The molecule has 7 heteroatoms. The second-order valence-corrected chi connectivity index (χ2v) is 5.80. The molecule has 1 aromatic rings. The molecule has 0 bridgehead atoms. The lowest BCUT2D eigenvalue weighted by Gasteiger charge is -2.10. The lowest BCUT2D eigenvalue weighted by atomic mass is 10.0. The second kappa shape index (κ2) is 11.1. The average Bonchev–Trinajstić information content (AvgIpc) is 3.05. The van der Waals surface area contributed by atoms with Crippen LogP contribution in [0.15, 0.2) is 29.3 Å². The monoisotopic (exact) mass is 446 g/mol. The summed E-state index contributed by atoms with van der Waals surface area (Å²) in [5.74, 6) is 1.69. The number of guanidine groups is 1. The van der Waals surface area contributed by atoms with Gasteiger partial charge in [0.1, 0.15) is 5.75 Å². The fraction of sp³-hybridized carbons (Fsp3) is 0.529. The fourth-order valence-corrected chi connectivity index (χ4v) is 2.85. The Labute approximate surface area is 160 Å². The minimum atomic E-state index is 0. The van der Waals surface area contributed by atoms with Crippen molar-refractivity contribution in [2.45, 2.75) is 32.1 Å². The van der Waals surface area contributed by atoms with E-state index >= 15 is 0 Å². The van der Waals surface area contributed by atoms with Gasteiger partial charge in [-0.1, -0.05) is 25.0 Å². The Balaban J connectivity index is 0.00000288. The van der Waals surface area contributed by atoms with Crippen LogP contribution in [0.5, 0.6) is 5.75 Å². The average molecular weight is 446 g/mol. The number of benzene rings is 1. The minimum Gasteiger partial charge on any atom is -0.495 e. The van der Waals surface area contributed by atoms with Crippen LogP contribution in [0.25, 0.3) is 0 Å². The zero-order valence-corrected chi connectivity index (χ0v) is 16.4. The molecule has 0 spiro atoms. The molecular weight excluding hydrogens is 419 g/mol. The van der Waals surface area contributed by atoms with Gasteiger partial charge in [0, 0.05) is 13.0 Å². The molecule has 6 nitrogen and oxygen atoms in total. The van der Waals surface area contributed by atoms with E-state index in [0.717, 1.165) is 5.69 Å². The fourth-order valence-electron chi connectivity index (χ4n) is 2.85. The van der Waals surface area contributed by atoms with Gasteiger partial charge < -0.3 is 21.1 Å². The van der Waals surface area contributed by atoms with Gasteiger partial charge in [-0.3, -0.25) is 9.79 Å². The van der Waals surface area contributed by atoms with Crippen molar-refractivity contribution in [2.75, 3.05) is 25.5 Å². The molecule has 0 saturated heterocycles. The molecule has 0 unspecified atom stereocenters. The maximum absolute atomic E-state index is 11.8. The van der Waals surface area contributed by atoms with Gasteiger partial charge in [0.2, 0.25) is 5.91 Å². The van der Waals surface area contributed by atoms with Crippen LogP contribution in [0.1, 0.15) is 32.1 Å². The van der Waals surface area contributed by atoms with Crippen LogP contribution in [0.2, 0.25) is 0 Å². The summed E-state index contributed by atoms with van der Waals surface area (Å²) in [7, 11) is 1.60. The van der Waals surface area contributed by atoms with Crippen molar-refractivity contribution in [3.05, 3.63) is 24.3 Å². The molecule has 1 fully saturated rings. The van der Waals surface area contributed by atoms with Crippen LogP contribution >= 0.6 is 24.0 Å². The number of ether oxygens (including phenoxy) is 1. The van der Waals surface area contributed by atoms with E-state index in [2.05, 4.69) is 15.6 Å². The van der Waals surface area contributed by atoms with Crippen molar-refractivity contribution < 1.29 is 9.53 Å². The number of hydrogen-bond acceptors (Lipinski definition) is 3. The highest BCUT2D eigenvalue weighted by Gasteiger charge is 2.17. The normalized spacial score (nSPS) is 14.8. The third-order valence-electron chi connectivity index (χ3n) is 4.03. The molecule has 0 radical (unpaired) electrons. The number of nitrogens with two attached hydrogens (primary N) is 1. The number of para-hydroxylation sites is 2. The summed E-state index contributed by atoms with van der Waals surface area (Å²) in [6.45, 7) is 0.949. The number of halogens is 1. The van der Waals surface area contributed by atoms with Crippen molar-refractivity contribution in [1.29, 1.82) is 0 Å². The van der Waals surface area contributed by atoms with E-state index in [0.29, 0.717) is 37.1 Å². The molecule has 0 heterocycles.